The fourth-order valence-corrected chi connectivity index (χ4v) is 1.06. The standard InChI is InChI=1S/C9H13NO5/c1-2-6(9(12)13)10-8(11)7-5-14-3-4-15-7/h5-6H,2-4H2,1H3,(H,10,11)(H,12,13)/t6-/m0/s1. The van der Waals surface area contributed by atoms with Gasteiger partial charge in [0.25, 0.3) is 5.91 Å². The highest BCUT2D eigenvalue weighted by Crippen LogP contribution is 2.05. The van der Waals surface area contributed by atoms with Crippen LogP contribution in [0.25, 0.3) is 0 Å². The molecule has 0 aromatic carbocycles. The summed E-state index contributed by atoms with van der Waals surface area (Å²) in [6.45, 7) is 2.36. The van der Waals surface area contributed by atoms with Gasteiger partial charge in [-0.1, -0.05) is 6.92 Å². The number of hydrogen-bond donors (Lipinski definition) is 2. The lowest BCUT2D eigenvalue weighted by atomic mass is 10.2. The Bertz CT molecular complexity index is 286. The third-order valence-electron chi connectivity index (χ3n) is 1.88. The van der Waals surface area contributed by atoms with Gasteiger partial charge in [0, 0.05) is 0 Å². The van der Waals surface area contributed by atoms with Gasteiger partial charge in [-0.2, -0.15) is 0 Å². The van der Waals surface area contributed by atoms with Crippen LogP contribution in [-0.2, 0) is 19.1 Å². The number of carbonyl (C=O) groups excluding carboxylic acids is 1. The summed E-state index contributed by atoms with van der Waals surface area (Å²) in [6.07, 6.45) is 1.50. The van der Waals surface area contributed by atoms with Crippen LogP contribution in [-0.4, -0.2) is 36.2 Å². The van der Waals surface area contributed by atoms with Crippen molar-refractivity contribution < 1.29 is 24.2 Å². The van der Waals surface area contributed by atoms with Gasteiger partial charge in [-0.15, -0.1) is 0 Å². The van der Waals surface area contributed by atoms with Crippen LogP contribution >= 0.6 is 0 Å². The first-order valence-corrected chi connectivity index (χ1v) is 4.63. The molecule has 1 rings (SSSR count). The van der Waals surface area contributed by atoms with Crippen molar-refractivity contribution in [3.05, 3.63) is 12.0 Å². The van der Waals surface area contributed by atoms with E-state index in [0.29, 0.717) is 19.6 Å². The van der Waals surface area contributed by atoms with Crippen LogP contribution in [0.1, 0.15) is 13.3 Å². The van der Waals surface area contributed by atoms with E-state index in [1.54, 1.807) is 6.92 Å². The summed E-state index contributed by atoms with van der Waals surface area (Å²) in [5.74, 6) is -1.62. The van der Waals surface area contributed by atoms with E-state index in [1.807, 2.05) is 0 Å². The average molecular weight is 215 g/mol. The summed E-state index contributed by atoms with van der Waals surface area (Å²) in [4.78, 5) is 22.1. The molecule has 6 nitrogen and oxygen atoms in total. The van der Waals surface area contributed by atoms with Crippen LogP contribution in [0.2, 0.25) is 0 Å². The van der Waals surface area contributed by atoms with E-state index in [4.69, 9.17) is 14.6 Å². The monoisotopic (exact) mass is 215 g/mol. The Kier molecular flexibility index (Phi) is 3.96. The minimum absolute atomic E-state index is 0.0148. The van der Waals surface area contributed by atoms with Gasteiger partial charge in [-0.05, 0) is 6.42 Å². The second kappa shape index (κ2) is 5.23. The number of amides is 1. The SMILES string of the molecule is CC[C@H](NC(=O)C1=COCCO1)C(=O)O. The van der Waals surface area contributed by atoms with Crippen molar-refractivity contribution in [3.63, 3.8) is 0 Å². The first-order valence-electron chi connectivity index (χ1n) is 4.63. The summed E-state index contributed by atoms with van der Waals surface area (Å²) in [5, 5.41) is 11.0. The second-order valence-electron chi connectivity index (χ2n) is 2.97. The Morgan fingerprint density at radius 1 is 1.60 bits per heavy atom. The van der Waals surface area contributed by atoms with E-state index in [1.165, 1.54) is 6.26 Å². The first-order chi connectivity index (χ1) is 7.15. The topological polar surface area (TPSA) is 84.9 Å². The van der Waals surface area contributed by atoms with Crippen molar-refractivity contribution in [1.29, 1.82) is 0 Å². The Hall–Kier alpha value is -1.72. The third-order valence-corrected chi connectivity index (χ3v) is 1.88. The molecular weight excluding hydrogens is 202 g/mol. The molecule has 0 aliphatic carbocycles. The highest BCUT2D eigenvalue weighted by atomic mass is 16.6. The molecule has 1 aliphatic rings. The minimum Gasteiger partial charge on any atom is -0.494 e. The molecule has 0 spiro atoms. The van der Waals surface area contributed by atoms with Crippen LogP contribution in [0.3, 0.4) is 0 Å². The fraction of sp³-hybridized carbons (Fsp3) is 0.556. The largest absolute Gasteiger partial charge is 0.494 e. The predicted octanol–water partition coefficient (Wildman–Crippen LogP) is -0.146. The van der Waals surface area contributed by atoms with Gasteiger partial charge in [0.1, 0.15) is 25.5 Å². The van der Waals surface area contributed by atoms with Crippen molar-refractivity contribution in [2.75, 3.05) is 13.2 Å². The number of aliphatic carboxylic acids is 1. The first kappa shape index (κ1) is 11.4. The summed E-state index contributed by atoms with van der Waals surface area (Å²) in [5.41, 5.74) is 0. The molecule has 0 bridgehead atoms. The zero-order valence-corrected chi connectivity index (χ0v) is 8.36. The third kappa shape index (κ3) is 3.16. The molecule has 0 unspecified atom stereocenters. The van der Waals surface area contributed by atoms with E-state index in [0.717, 1.165) is 0 Å². The summed E-state index contributed by atoms with van der Waals surface area (Å²) in [7, 11) is 0. The Morgan fingerprint density at radius 2 is 2.33 bits per heavy atom. The second-order valence-corrected chi connectivity index (χ2v) is 2.97. The molecule has 84 valence electrons. The van der Waals surface area contributed by atoms with Gasteiger partial charge >= 0.3 is 5.97 Å². The molecule has 0 saturated heterocycles. The maximum Gasteiger partial charge on any atom is 0.326 e. The van der Waals surface area contributed by atoms with Gasteiger partial charge < -0.3 is 19.9 Å². The van der Waals surface area contributed by atoms with Gasteiger partial charge in [0.2, 0.25) is 5.76 Å². The Morgan fingerprint density at radius 3 is 2.80 bits per heavy atom. The molecule has 1 atom stereocenters. The fourth-order valence-electron chi connectivity index (χ4n) is 1.06. The van der Waals surface area contributed by atoms with Crippen molar-refractivity contribution in [2.24, 2.45) is 0 Å². The summed E-state index contributed by atoms with van der Waals surface area (Å²) in [6, 6.07) is -0.899. The molecule has 6 heteroatoms. The molecule has 2 N–H and O–H groups in total. The van der Waals surface area contributed by atoms with Gasteiger partial charge in [-0.25, -0.2) is 4.79 Å². The van der Waals surface area contributed by atoms with Crippen LogP contribution in [0, 0.1) is 0 Å². The molecule has 0 fully saturated rings. The highest BCUT2D eigenvalue weighted by Gasteiger charge is 2.22. The quantitative estimate of drug-likeness (QED) is 0.681. The number of hydrogen-bond acceptors (Lipinski definition) is 4. The molecule has 0 saturated carbocycles. The smallest absolute Gasteiger partial charge is 0.326 e. The lowest BCUT2D eigenvalue weighted by Crippen LogP contribution is -2.41. The van der Waals surface area contributed by atoms with E-state index < -0.39 is 17.9 Å². The molecule has 1 heterocycles. The van der Waals surface area contributed by atoms with Crippen molar-refractivity contribution in [3.8, 4) is 0 Å². The Labute approximate surface area is 86.9 Å². The zero-order valence-electron chi connectivity index (χ0n) is 8.36. The molecule has 0 aromatic rings. The maximum absolute atomic E-state index is 11.4. The molecule has 1 amide bonds. The predicted molar refractivity (Wildman–Crippen MR) is 49.8 cm³/mol. The minimum atomic E-state index is -1.07. The molecule has 0 radical (unpaired) electrons. The number of rotatable bonds is 4. The lowest BCUT2D eigenvalue weighted by Gasteiger charge is -2.17. The number of carbonyl (C=O) groups is 2. The van der Waals surface area contributed by atoms with Crippen molar-refractivity contribution in [2.45, 2.75) is 19.4 Å². The highest BCUT2D eigenvalue weighted by molar-refractivity contribution is 5.94. The van der Waals surface area contributed by atoms with Crippen LogP contribution in [0.15, 0.2) is 12.0 Å². The lowest BCUT2D eigenvalue weighted by molar-refractivity contribution is -0.142. The van der Waals surface area contributed by atoms with E-state index in [2.05, 4.69) is 5.32 Å². The molecule has 15 heavy (non-hydrogen) atoms. The van der Waals surface area contributed by atoms with Crippen molar-refractivity contribution >= 4 is 11.9 Å². The molecular formula is C9H13NO5. The Balaban J connectivity index is 2.53. The van der Waals surface area contributed by atoms with E-state index in [-0.39, 0.29) is 5.76 Å². The number of carboxylic acid groups (broad SMARTS) is 1. The summed E-state index contributed by atoms with van der Waals surface area (Å²) < 4.78 is 9.88. The normalized spacial score (nSPS) is 16.7. The van der Waals surface area contributed by atoms with Crippen LogP contribution in [0.5, 0.6) is 0 Å². The average Bonchev–Trinajstić information content (AvgIpc) is 2.26. The zero-order chi connectivity index (χ0) is 11.3. The van der Waals surface area contributed by atoms with Crippen LogP contribution in [0.4, 0.5) is 0 Å². The van der Waals surface area contributed by atoms with Gasteiger partial charge in [0.15, 0.2) is 0 Å². The van der Waals surface area contributed by atoms with E-state index >= 15 is 0 Å². The number of ether oxygens (including phenoxy) is 2. The van der Waals surface area contributed by atoms with Crippen LogP contribution < -0.4 is 5.32 Å². The maximum atomic E-state index is 11.4. The van der Waals surface area contributed by atoms with Gasteiger partial charge in [-0.3, -0.25) is 4.79 Å². The summed E-state index contributed by atoms with van der Waals surface area (Å²) >= 11 is 0. The van der Waals surface area contributed by atoms with Gasteiger partial charge in [0.05, 0.1) is 0 Å². The molecule has 0 aromatic heterocycles. The number of carboxylic acids is 1. The number of nitrogens with one attached hydrogen (secondary N) is 1. The van der Waals surface area contributed by atoms with Crippen molar-refractivity contribution in [1.82, 2.24) is 5.32 Å². The molecule has 1 aliphatic heterocycles. The van der Waals surface area contributed by atoms with E-state index in [9.17, 15) is 9.59 Å².